The van der Waals surface area contributed by atoms with E-state index in [-0.39, 0.29) is 85.8 Å². The predicted octanol–water partition coefficient (Wildman–Crippen LogP) is 2.11. The molecule has 2 aliphatic heterocycles. The first-order valence-corrected chi connectivity index (χ1v) is 26.1. The van der Waals surface area contributed by atoms with E-state index in [0.717, 1.165) is 19.3 Å². The second-order valence-corrected chi connectivity index (χ2v) is 21.2. The van der Waals surface area contributed by atoms with Gasteiger partial charge in [0.25, 0.3) is 0 Å². The van der Waals surface area contributed by atoms with Gasteiger partial charge >= 0.3 is 6.03 Å². The van der Waals surface area contributed by atoms with Gasteiger partial charge in [0.2, 0.25) is 35.4 Å². The molecule has 20 heteroatoms. The number of anilines is 1. The summed E-state index contributed by atoms with van der Waals surface area (Å²) >= 11 is 0. The highest BCUT2D eigenvalue weighted by molar-refractivity contribution is 5.98. The maximum absolute atomic E-state index is 14.4. The number of fused-ring (bicyclic) bond motifs is 2. The predicted molar refractivity (Wildman–Crippen MR) is 275 cm³/mol. The number of ether oxygens (including phenoxy) is 2. The lowest BCUT2D eigenvalue weighted by molar-refractivity contribution is -0.148. The number of carbonyl (C=O) groups excluding carboxylic acids is 7. The van der Waals surface area contributed by atoms with Crippen molar-refractivity contribution in [3.8, 4) is 0 Å². The minimum atomic E-state index is -0.963. The topological polar surface area (TPSA) is 280 Å². The second-order valence-electron chi connectivity index (χ2n) is 21.2. The van der Waals surface area contributed by atoms with Crippen molar-refractivity contribution in [3.63, 3.8) is 0 Å². The summed E-state index contributed by atoms with van der Waals surface area (Å²) in [5.74, 6) is -2.75. The zero-order chi connectivity index (χ0) is 53.6. The Balaban J connectivity index is 1.41. The minimum Gasteiger partial charge on any atom is -0.394 e. The van der Waals surface area contributed by atoms with Gasteiger partial charge in [-0.15, -0.1) is 0 Å². The molecule has 1 aromatic rings. The first-order valence-electron chi connectivity index (χ1n) is 26.1. The molecule has 0 radical (unpaired) electrons. The van der Waals surface area contributed by atoms with Gasteiger partial charge in [0.15, 0.2) is 0 Å². The number of urea groups is 1. The molecule has 20 nitrogen and oxygen atoms in total. The molecule has 10 N–H and O–H groups in total. The summed E-state index contributed by atoms with van der Waals surface area (Å²) in [5, 5.41) is 24.6. The van der Waals surface area contributed by atoms with Gasteiger partial charge in [-0.05, 0) is 99.8 Å². The zero-order valence-corrected chi connectivity index (χ0v) is 44.8. The summed E-state index contributed by atoms with van der Waals surface area (Å²) < 4.78 is 12.1. The molecular formula is C52H88N10O10. The van der Waals surface area contributed by atoms with Crippen LogP contribution in [-0.4, -0.2) is 170 Å². The number of nitrogens with two attached hydrogens (primary N) is 2. The summed E-state index contributed by atoms with van der Waals surface area (Å²) in [6.45, 7) is 13.5. The molecule has 0 unspecified atom stereocenters. The van der Waals surface area contributed by atoms with Crippen LogP contribution in [0, 0.1) is 29.6 Å². The monoisotopic (exact) mass is 1010 g/mol. The van der Waals surface area contributed by atoms with Crippen LogP contribution in [0.25, 0.3) is 0 Å². The van der Waals surface area contributed by atoms with Crippen molar-refractivity contribution in [3.05, 3.63) is 29.8 Å². The highest BCUT2D eigenvalue weighted by Gasteiger charge is 2.49. The minimum absolute atomic E-state index is 0.0204. The Labute approximate surface area is 427 Å². The zero-order valence-electron chi connectivity index (χ0n) is 44.8. The molecule has 8 amide bonds. The van der Waals surface area contributed by atoms with Gasteiger partial charge in [-0.3, -0.25) is 33.7 Å². The Morgan fingerprint density at radius 1 is 0.917 bits per heavy atom. The fourth-order valence-corrected chi connectivity index (χ4v) is 11.0. The molecule has 3 fully saturated rings. The molecular weight excluding hydrogens is 925 g/mol. The number of hydrogen-bond acceptors (Lipinski definition) is 12. The average molecular weight is 1010 g/mol. The van der Waals surface area contributed by atoms with Crippen LogP contribution in [-0.2, 0) is 44.7 Å². The maximum atomic E-state index is 14.4. The Hall–Kier alpha value is -4.89. The molecule has 0 aromatic heterocycles. The molecule has 1 aliphatic carbocycles. The van der Waals surface area contributed by atoms with Crippen molar-refractivity contribution in [2.45, 2.75) is 173 Å². The number of piperidine rings is 1. The fourth-order valence-electron chi connectivity index (χ4n) is 11.0. The van der Waals surface area contributed by atoms with Crippen LogP contribution in [0.4, 0.5) is 10.5 Å². The van der Waals surface area contributed by atoms with Crippen molar-refractivity contribution in [1.82, 2.24) is 36.0 Å². The summed E-state index contributed by atoms with van der Waals surface area (Å²) in [4.78, 5) is 99.7. The molecule has 1 aromatic carbocycles. The van der Waals surface area contributed by atoms with Gasteiger partial charge in [-0.1, -0.05) is 67.0 Å². The lowest BCUT2D eigenvalue weighted by Crippen LogP contribution is -2.60. The quantitative estimate of drug-likeness (QED) is 0.0561. The lowest BCUT2D eigenvalue weighted by Gasteiger charge is -2.41. The van der Waals surface area contributed by atoms with E-state index in [0.29, 0.717) is 49.5 Å². The molecule has 72 heavy (non-hydrogen) atoms. The van der Waals surface area contributed by atoms with Crippen LogP contribution in [0.5, 0.6) is 0 Å². The van der Waals surface area contributed by atoms with Crippen molar-refractivity contribution < 1.29 is 48.1 Å². The Bertz CT molecular complexity index is 1990. The molecule has 13 atom stereocenters. The van der Waals surface area contributed by atoms with Crippen LogP contribution in [0.15, 0.2) is 24.3 Å². The summed E-state index contributed by atoms with van der Waals surface area (Å²) in [7, 11) is 6.79. The lowest BCUT2D eigenvalue weighted by atomic mass is 9.89. The fraction of sp³-hybridized carbons (Fsp3) is 0.750. The number of nitrogens with one attached hydrogen (secondary N) is 5. The second kappa shape index (κ2) is 28.0. The number of aliphatic hydroxyl groups excluding tert-OH is 1. The number of carbonyl (C=O) groups is 7. The van der Waals surface area contributed by atoms with E-state index in [9.17, 15) is 38.7 Å². The number of likely N-dealkylation sites (N-methyl/N-ethyl adjacent to an activating group) is 2. The number of methoxy groups -OCH3 is 2. The Morgan fingerprint density at radius 2 is 1.62 bits per heavy atom. The van der Waals surface area contributed by atoms with Crippen LogP contribution in [0.2, 0.25) is 0 Å². The van der Waals surface area contributed by atoms with Crippen molar-refractivity contribution in [1.29, 1.82) is 0 Å². The van der Waals surface area contributed by atoms with Gasteiger partial charge in [-0.25, -0.2) is 4.79 Å². The van der Waals surface area contributed by atoms with E-state index in [1.807, 2.05) is 34.7 Å². The summed E-state index contributed by atoms with van der Waals surface area (Å²) in [6.07, 6.45) is 4.48. The van der Waals surface area contributed by atoms with Crippen LogP contribution in [0.1, 0.15) is 112 Å². The van der Waals surface area contributed by atoms with Gasteiger partial charge in [0, 0.05) is 46.1 Å². The largest absolute Gasteiger partial charge is 0.394 e. The number of amides is 8. The Kier molecular flexibility index (Phi) is 23.2. The number of aliphatic hydroxyl groups is 1. The van der Waals surface area contributed by atoms with E-state index in [1.54, 1.807) is 69.0 Å². The van der Waals surface area contributed by atoms with Crippen LogP contribution >= 0.6 is 0 Å². The number of hydrogen-bond donors (Lipinski definition) is 8. The molecule has 2 saturated heterocycles. The standard InChI is InChI=1S/C52H88N10O10/c1-12-31(6)44(61(9)51(69)43(30(4)5)59-50(68)45-34-20-21-37(26-34)60(45)8)40(71-10)27-41(64)62-23-15-19-39(62)46(72-11)32(7)47(65)57-36(28-63)25-33-16-13-17-35(24-33)56-48(66)38(18-14-22-55-52(54)70)58-49(67)42(53)29(2)3/h13,16-17,24,29-32,34,36-40,42-46,63H,12,14-15,18-23,25-28,53H2,1-11H3,(H,56,66)(H,57,65)(H,58,67)(H,59,68)(H3,54,55,70)/t31-,32+,34-,36-,37+,38-,39-,40+,42-,43-,44-,45-,46+/m0/s1. The van der Waals surface area contributed by atoms with E-state index in [1.165, 1.54) is 7.11 Å². The van der Waals surface area contributed by atoms with E-state index >= 15 is 0 Å². The Morgan fingerprint density at radius 3 is 2.21 bits per heavy atom. The molecule has 4 rings (SSSR count). The molecule has 1 saturated carbocycles. The summed E-state index contributed by atoms with van der Waals surface area (Å²) in [6, 6.07) is 2.17. The summed E-state index contributed by atoms with van der Waals surface area (Å²) in [5.41, 5.74) is 12.4. The van der Waals surface area contributed by atoms with Crippen molar-refractivity contribution in [2.75, 3.05) is 53.3 Å². The van der Waals surface area contributed by atoms with Crippen LogP contribution in [0.3, 0.4) is 0 Å². The first kappa shape index (κ1) is 59.7. The SMILES string of the molecule is CC[C@H](C)[C@@H]([C@@H](CC(=O)N1CCC[C@H]1[C@H](OC)[C@@H](C)C(=O)N[C@H](CO)Cc1cccc(NC(=O)[C@H](CCCNC(N)=O)NC(=O)[C@@H](N)C(C)C)c1)OC)N(C)C(=O)[C@@H](NC(=O)[C@@H]1[C@H]2CC[C@H](C2)N1C)C(C)C. The third-order valence-corrected chi connectivity index (χ3v) is 15.5. The molecule has 3 aliphatic rings. The third kappa shape index (κ3) is 15.6. The number of nitrogens with zero attached hydrogens (tertiary/aromatic N) is 3. The van der Waals surface area contributed by atoms with E-state index in [2.05, 4.69) is 31.5 Å². The first-order chi connectivity index (χ1) is 34.1. The van der Waals surface area contributed by atoms with Crippen LogP contribution < -0.4 is 38.1 Å². The van der Waals surface area contributed by atoms with E-state index in [4.69, 9.17) is 20.9 Å². The third-order valence-electron chi connectivity index (χ3n) is 15.5. The number of rotatable bonds is 28. The molecule has 2 bridgehead atoms. The van der Waals surface area contributed by atoms with E-state index < -0.39 is 72.2 Å². The van der Waals surface area contributed by atoms with Gasteiger partial charge in [0.1, 0.15) is 12.1 Å². The highest BCUT2D eigenvalue weighted by Crippen LogP contribution is 2.41. The van der Waals surface area contributed by atoms with Gasteiger partial charge in [0.05, 0.1) is 61.4 Å². The number of benzene rings is 1. The van der Waals surface area contributed by atoms with Crippen molar-refractivity contribution >= 4 is 47.2 Å². The molecule has 2 heterocycles. The van der Waals surface area contributed by atoms with Gasteiger partial charge in [-0.2, -0.15) is 0 Å². The highest BCUT2D eigenvalue weighted by atomic mass is 16.5. The maximum Gasteiger partial charge on any atom is 0.312 e. The normalized spacial score (nSPS) is 22.5. The number of likely N-dealkylation sites (tertiary alicyclic amines) is 2. The number of primary amides is 1. The molecule has 0 spiro atoms. The average Bonchev–Trinajstić information content (AvgIpc) is 4.11. The van der Waals surface area contributed by atoms with Crippen molar-refractivity contribution in [2.24, 2.45) is 41.1 Å². The molecule has 406 valence electrons. The van der Waals surface area contributed by atoms with Gasteiger partial charge < -0.3 is 62.4 Å². The smallest absolute Gasteiger partial charge is 0.312 e.